The van der Waals surface area contributed by atoms with Crippen LogP contribution in [0.25, 0.3) is 0 Å². The summed E-state index contributed by atoms with van der Waals surface area (Å²) in [5, 5.41) is 21.6. The lowest BCUT2D eigenvalue weighted by molar-refractivity contribution is -0.148. The molecule has 0 aromatic heterocycles. The van der Waals surface area contributed by atoms with Gasteiger partial charge in [-0.05, 0) is 0 Å². The third-order valence-electron chi connectivity index (χ3n) is 3.30. The van der Waals surface area contributed by atoms with E-state index in [1.165, 1.54) is 4.90 Å². The van der Waals surface area contributed by atoms with E-state index in [4.69, 9.17) is 9.84 Å². The number of aliphatic hydroxyl groups is 1. The number of carboxylic acids is 1. The van der Waals surface area contributed by atoms with Gasteiger partial charge in [-0.1, -0.05) is 0 Å². The fourth-order valence-electron chi connectivity index (χ4n) is 2.40. The minimum atomic E-state index is -1.06. The quantitative estimate of drug-likeness (QED) is 0.564. The number of hydrogen-bond acceptors (Lipinski definition) is 5. The first-order chi connectivity index (χ1) is 8.58. The first-order valence-electron chi connectivity index (χ1n) is 6.09. The average Bonchev–Trinajstić information content (AvgIpc) is 2.73. The molecule has 2 unspecified atom stereocenters. The zero-order chi connectivity index (χ0) is 13.1. The highest BCUT2D eigenvalue weighted by Gasteiger charge is 2.39. The van der Waals surface area contributed by atoms with E-state index >= 15 is 0 Å². The summed E-state index contributed by atoms with van der Waals surface area (Å²) in [7, 11) is 0. The van der Waals surface area contributed by atoms with Gasteiger partial charge in [-0.25, -0.2) is 4.79 Å². The van der Waals surface area contributed by atoms with Crippen LogP contribution < -0.4 is 5.32 Å². The topological polar surface area (TPSA) is 99.1 Å². The van der Waals surface area contributed by atoms with Gasteiger partial charge in [0.05, 0.1) is 19.3 Å². The number of β-amino-alcohol motifs (C(OH)–C–C–N with tert-alkyl or cyclic N) is 1. The van der Waals surface area contributed by atoms with Gasteiger partial charge in [0.15, 0.2) is 0 Å². The summed E-state index contributed by atoms with van der Waals surface area (Å²) in [4.78, 5) is 24.3. The second kappa shape index (κ2) is 5.64. The minimum absolute atomic E-state index is 0.0709. The highest BCUT2D eigenvalue weighted by molar-refractivity contribution is 5.84. The van der Waals surface area contributed by atoms with Gasteiger partial charge < -0.3 is 25.2 Å². The van der Waals surface area contributed by atoms with Crippen molar-refractivity contribution >= 4 is 11.9 Å². The molecule has 3 N–H and O–H groups in total. The van der Waals surface area contributed by atoms with Crippen LogP contribution in [0, 0.1) is 0 Å². The highest BCUT2D eigenvalue weighted by Crippen LogP contribution is 2.19. The van der Waals surface area contributed by atoms with Gasteiger partial charge in [0, 0.05) is 32.0 Å². The van der Waals surface area contributed by atoms with Crippen molar-refractivity contribution < 1.29 is 24.5 Å². The van der Waals surface area contributed by atoms with E-state index in [9.17, 15) is 14.7 Å². The first-order valence-corrected chi connectivity index (χ1v) is 6.09. The molecule has 0 aliphatic carbocycles. The summed E-state index contributed by atoms with van der Waals surface area (Å²) in [5.41, 5.74) is 0. The van der Waals surface area contributed by atoms with E-state index in [1.54, 1.807) is 0 Å². The summed E-state index contributed by atoms with van der Waals surface area (Å²) in [5.74, 6) is -1.31. The molecule has 7 heteroatoms. The van der Waals surface area contributed by atoms with Gasteiger partial charge in [0.2, 0.25) is 5.91 Å². The lowest BCUT2D eigenvalue weighted by Crippen LogP contribution is -2.47. The van der Waals surface area contributed by atoms with Crippen molar-refractivity contribution in [2.24, 2.45) is 0 Å². The zero-order valence-electron chi connectivity index (χ0n) is 10.0. The molecular formula is C11H18N2O5. The molecule has 18 heavy (non-hydrogen) atoms. The number of rotatable bonds is 3. The van der Waals surface area contributed by atoms with Crippen molar-refractivity contribution in [2.45, 2.75) is 31.0 Å². The molecule has 2 heterocycles. The molecule has 1 amide bonds. The van der Waals surface area contributed by atoms with Crippen LogP contribution >= 0.6 is 0 Å². The van der Waals surface area contributed by atoms with E-state index in [2.05, 4.69) is 5.32 Å². The Kier molecular flexibility index (Phi) is 4.15. The second-order valence-corrected chi connectivity index (χ2v) is 4.72. The third kappa shape index (κ3) is 2.98. The average molecular weight is 258 g/mol. The summed E-state index contributed by atoms with van der Waals surface area (Å²) in [6.45, 7) is 1.89. The molecule has 2 saturated heterocycles. The molecular weight excluding hydrogens is 240 g/mol. The van der Waals surface area contributed by atoms with E-state index in [0.717, 1.165) is 0 Å². The van der Waals surface area contributed by atoms with Crippen LogP contribution in [0.1, 0.15) is 12.8 Å². The number of amides is 1. The number of aliphatic hydroxyl groups excluding tert-OH is 1. The second-order valence-electron chi connectivity index (χ2n) is 4.72. The Bertz CT molecular complexity index is 329. The van der Waals surface area contributed by atoms with Gasteiger partial charge in [-0.2, -0.15) is 0 Å². The SMILES string of the molecule is O=C(O)[C@@H]1CC(O)CN1C(=O)CC1COCCN1. The maximum absolute atomic E-state index is 12.0. The van der Waals surface area contributed by atoms with Crippen LogP contribution in [0.15, 0.2) is 0 Å². The summed E-state index contributed by atoms with van der Waals surface area (Å²) in [6.07, 6.45) is -0.433. The standard InChI is InChI=1S/C11H18N2O5/c14-8-4-9(11(16)17)13(5-8)10(15)3-7-6-18-2-1-12-7/h7-9,12,14H,1-6H2,(H,16,17)/t7?,8?,9-/m0/s1. The predicted molar refractivity (Wildman–Crippen MR) is 61.0 cm³/mol. The number of carbonyl (C=O) groups excluding carboxylic acids is 1. The summed E-state index contributed by atoms with van der Waals surface area (Å²) in [6, 6.07) is -0.976. The normalized spacial score (nSPS) is 32.5. The Morgan fingerprint density at radius 1 is 1.44 bits per heavy atom. The fraction of sp³-hybridized carbons (Fsp3) is 0.818. The largest absolute Gasteiger partial charge is 0.480 e. The Hall–Kier alpha value is -1.18. The number of nitrogens with one attached hydrogen (secondary N) is 1. The summed E-state index contributed by atoms with van der Waals surface area (Å²) >= 11 is 0. The predicted octanol–water partition coefficient (Wildman–Crippen LogP) is -1.59. The van der Waals surface area contributed by atoms with Gasteiger partial charge in [-0.15, -0.1) is 0 Å². The minimum Gasteiger partial charge on any atom is -0.480 e. The Morgan fingerprint density at radius 2 is 2.22 bits per heavy atom. The van der Waals surface area contributed by atoms with Crippen molar-refractivity contribution in [3.05, 3.63) is 0 Å². The van der Waals surface area contributed by atoms with Crippen LogP contribution in [0.5, 0.6) is 0 Å². The number of morpholine rings is 1. The number of aliphatic carboxylic acids is 1. The number of likely N-dealkylation sites (tertiary alicyclic amines) is 1. The van der Waals surface area contributed by atoms with Crippen molar-refractivity contribution in [1.82, 2.24) is 10.2 Å². The van der Waals surface area contributed by atoms with Gasteiger partial charge >= 0.3 is 5.97 Å². The molecule has 2 rings (SSSR count). The van der Waals surface area contributed by atoms with Crippen LogP contribution in [0.4, 0.5) is 0 Å². The molecule has 0 aromatic carbocycles. The van der Waals surface area contributed by atoms with Crippen LogP contribution in [-0.2, 0) is 14.3 Å². The number of carboxylic acid groups (broad SMARTS) is 1. The maximum Gasteiger partial charge on any atom is 0.326 e. The van der Waals surface area contributed by atoms with E-state index in [0.29, 0.717) is 19.8 Å². The van der Waals surface area contributed by atoms with Crippen molar-refractivity contribution in [2.75, 3.05) is 26.3 Å². The molecule has 2 aliphatic rings. The van der Waals surface area contributed by atoms with Crippen LogP contribution in [0.2, 0.25) is 0 Å². The lowest BCUT2D eigenvalue weighted by atomic mass is 10.1. The zero-order valence-corrected chi connectivity index (χ0v) is 10.0. The number of ether oxygens (including phenoxy) is 1. The molecule has 7 nitrogen and oxygen atoms in total. The Balaban J connectivity index is 1.92. The Morgan fingerprint density at radius 3 is 2.83 bits per heavy atom. The molecule has 0 bridgehead atoms. The monoisotopic (exact) mass is 258 g/mol. The third-order valence-corrected chi connectivity index (χ3v) is 3.30. The van der Waals surface area contributed by atoms with E-state index < -0.39 is 18.1 Å². The van der Waals surface area contributed by atoms with Crippen molar-refractivity contribution in [3.63, 3.8) is 0 Å². The molecule has 102 valence electrons. The van der Waals surface area contributed by atoms with Gasteiger partial charge in [-0.3, -0.25) is 4.79 Å². The van der Waals surface area contributed by atoms with Crippen molar-refractivity contribution in [1.29, 1.82) is 0 Å². The maximum atomic E-state index is 12.0. The fourth-order valence-corrected chi connectivity index (χ4v) is 2.40. The molecule has 2 aliphatic heterocycles. The van der Waals surface area contributed by atoms with E-state index in [1.807, 2.05) is 0 Å². The molecule has 0 aromatic rings. The van der Waals surface area contributed by atoms with Crippen LogP contribution in [0.3, 0.4) is 0 Å². The summed E-state index contributed by atoms with van der Waals surface area (Å²) < 4.78 is 5.24. The highest BCUT2D eigenvalue weighted by atomic mass is 16.5. The molecule has 0 radical (unpaired) electrons. The Labute approximate surface area is 105 Å². The smallest absolute Gasteiger partial charge is 0.326 e. The van der Waals surface area contributed by atoms with Gasteiger partial charge in [0.1, 0.15) is 6.04 Å². The number of hydrogen-bond donors (Lipinski definition) is 3. The lowest BCUT2D eigenvalue weighted by Gasteiger charge is -2.27. The van der Waals surface area contributed by atoms with Crippen molar-refractivity contribution in [3.8, 4) is 0 Å². The number of carbonyl (C=O) groups is 2. The molecule has 3 atom stereocenters. The molecule has 0 spiro atoms. The van der Waals surface area contributed by atoms with Gasteiger partial charge in [0.25, 0.3) is 0 Å². The molecule has 0 saturated carbocycles. The molecule has 2 fully saturated rings. The number of nitrogens with zero attached hydrogens (tertiary/aromatic N) is 1. The van der Waals surface area contributed by atoms with E-state index in [-0.39, 0.29) is 31.3 Å². The first kappa shape index (κ1) is 13.3. The van der Waals surface area contributed by atoms with Crippen LogP contribution in [-0.4, -0.2) is 71.5 Å².